The lowest BCUT2D eigenvalue weighted by molar-refractivity contribution is -0.116. The smallest absolute Gasteiger partial charge is 0.225 e. The maximum Gasteiger partial charge on any atom is 0.225 e. The van der Waals surface area contributed by atoms with Crippen LogP contribution in [0.15, 0.2) is 18.2 Å². The molecule has 0 unspecified atom stereocenters. The van der Waals surface area contributed by atoms with Gasteiger partial charge >= 0.3 is 0 Å². The predicted molar refractivity (Wildman–Crippen MR) is 86.3 cm³/mol. The van der Waals surface area contributed by atoms with Gasteiger partial charge < -0.3 is 10.6 Å². The van der Waals surface area contributed by atoms with Crippen LogP contribution >= 0.6 is 0 Å². The van der Waals surface area contributed by atoms with Crippen molar-refractivity contribution in [1.29, 1.82) is 0 Å². The van der Waals surface area contributed by atoms with Crippen molar-refractivity contribution in [2.45, 2.75) is 52.9 Å². The summed E-state index contributed by atoms with van der Waals surface area (Å²) in [6.07, 6.45) is 2.87. The summed E-state index contributed by atoms with van der Waals surface area (Å²) in [5.41, 5.74) is 3.32. The number of para-hydroxylation sites is 1. The van der Waals surface area contributed by atoms with E-state index in [9.17, 15) is 4.79 Å². The molecule has 3 nitrogen and oxygen atoms in total. The molecule has 3 heteroatoms. The molecule has 0 aliphatic rings. The third-order valence-corrected chi connectivity index (χ3v) is 3.43. The van der Waals surface area contributed by atoms with Gasteiger partial charge in [0.15, 0.2) is 0 Å². The Morgan fingerprint density at radius 1 is 1.25 bits per heavy atom. The Morgan fingerprint density at radius 2 is 2.00 bits per heavy atom. The highest BCUT2D eigenvalue weighted by molar-refractivity contribution is 5.92. The molecule has 20 heavy (non-hydrogen) atoms. The van der Waals surface area contributed by atoms with Crippen LogP contribution in [0.5, 0.6) is 0 Å². The molecule has 0 fully saturated rings. The second-order valence-electron chi connectivity index (χ2n) is 5.60. The second kappa shape index (κ2) is 8.75. The first-order valence-electron chi connectivity index (χ1n) is 7.66. The molecular weight excluding hydrogens is 248 g/mol. The molecule has 1 aromatic carbocycles. The fraction of sp³-hybridized carbons (Fsp3) is 0.588. The summed E-state index contributed by atoms with van der Waals surface area (Å²) >= 11 is 0. The van der Waals surface area contributed by atoms with Crippen LogP contribution in [-0.4, -0.2) is 19.0 Å². The number of aryl methyl sites for hydroxylation is 1. The fourth-order valence-electron chi connectivity index (χ4n) is 2.17. The summed E-state index contributed by atoms with van der Waals surface area (Å²) in [4.78, 5) is 12.0. The Bertz CT molecular complexity index is 427. The first kappa shape index (κ1) is 16.7. The first-order valence-corrected chi connectivity index (χ1v) is 7.66. The van der Waals surface area contributed by atoms with Crippen LogP contribution in [0.25, 0.3) is 0 Å². The van der Waals surface area contributed by atoms with Crippen molar-refractivity contribution in [3.05, 3.63) is 29.3 Å². The molecule has 0 atom stereocenters. The highest BCUT2D eigenvalue weighted by Gasteiger charge is 2.11. The van der Waals surface area contributed by atoms with Crippen LogP contribution < -0.4 is 10.6 Å². The SMILES string of the molecule is CCCCNCCC(=O)Nc1c(C)cccc1C(C)C. The van der Waals surface area contributed by atoms with E-state index in [1.807, 2.05) is 19.1 Å². The van der Waals surface area contributed by atoms with Gasteiger partial charge in [0.1, 0.15) is 0 Å². The van der Waals surface area contributed by atoms with Gasteiger partial charge in [0.2, 0.25) is 5.91 Å². The quantitative estimate of drug-likeness (QED) is 0.708. The summed E-state index contributed by atoms with van der Waals surface area (Å²) < 4.78 is 0. The normalized spacial score (nSPS) is 10.8. The van der Waals surface area contributed by atoms with Gasteiger partial charge in [0.05, 0.1) is 0 Å². The second-order valence-corrected chi connectivity index (χ2v) is 5.60. The van der Waals surface area contributed by atoms with Crippen LogP contribution in [-0.2, 0) is 4.79 Å². The van der Waals surface area contributed by atoms with Crippen LogP contribution in [0.4, 0.5) is 5.69 Å². The van der Waals surface area contributed by atoms with E-state index in [1.54, 1.807) is 0 Å². The van der Waals surface area contributed by atoms with E-state index < -0.39 is 0 Å². The van der Waals surface area contributed by atoms with Crippen molar-refractivity contribution >= 4 is 11.6 Å². The van der Waals surface area contributed by atoms with Crippen LogP contribution in [0.3, 0.4) is 0 Å². The summed E-state index contributed by atoms with van der Waals surface area (Å²) in [5, 5.41) is 6.37. The lowest BCUT2D eigenvalue weighted by Gasteiger charge is -2.16. The van der Waals surface area contributed by atoms with E-state index in [1.165, 1.54) is 12.0 Å². The Hall–Kier alpha value is -1.35. The first-order chi connectivity index (χ1) is 9.56. The van der Waals surface area contributed by atoms with Gasteiger partial charge in [-0.15, -0.1) is 0 Å². The average Bonchev–Trinajstić information content (AvgIpc) is 2.40. The third-order valence-electron chi connectivity index (χ3n) is 3.43. The largest absolute Gasteiger partial charge is 0.326 e. The maximum absolute atomic E-state index is 12.0. The topological polar surface area (TPSA) is 41.1 Å². The number of rotatable bonds is 8. The highest BCUT2D eigenvalue weighted by atomic mass is 16.1. The monoisotopic (exact) mass is 276 g/mol. The zero-order chi connectivity index (χ0) is 15.0. The Labute approximate surface area is 123 Å². The molecule has 0 aliphatic heterocycles. The molecule has 0 aromatic heterocycles. The zero-order valence-electron chi connectivity index (χ0n) is 13.3. The molecule has 0 heterocycles. The molecule has 2 N–H and O–H groups in total. The number of carbonyl (C=O) groups excluding carboxylic acids is 1. The summed E-state index contributed by atoms with van der Waals surface area (Å²) in [5.74, 6) is 0.498. The van der Waals surface area contributed by atoms with Crippen molar-refractivity contribution in [1.82, 2.24) is 5.32 Å². The van der Waals surface area contributed by atoms with Gasteiger partial charge in [0, 0.05) is 18.7 Å². The standard InChI is InChI=1S/C17H28N2O/c1-5-6-11-18-12-10-16(20)19-17-14(4)8-7-9-15(17)13(2)3/h7-9,13,18H,5-6,10-12H2,1-4H3,(H,19,20). The van der Waals surface area contributed by atoms with Crippen molar-refractivity contribution < 1.29 is 4.79 Å². The average molecular weight is 276 g/mol. The molecule has 1 rings (SSSR count). The van der Waals surface area contributed by atoms with Gasteiger partial charge in [-0.2, -0.15) is 0 Å². The highest BCUT2D eigenvalue weighted by Crippen LogP contribution is 2.27. The number of carbonyl (C=O) groups is 1. The molecule has 0 bridgehead atoms. The number of hydrogen-bond donors (Lipinski definition) is 2. The Kier molecular flexibility index (Phi) is 7.31. The Balaban J connectivity index is 2.53. The van der Waals surface area contributed by atoms with E-state index in [4.69, 9.17) is 0 Å². The molecule has 0 saturated heterocycles. The minimum Gasteiger partial charge on any atom is -0.326 e. The number of unbranched alkanes of at least 4 members (excludes halogenated alkanes) is 1. The summed E-state index contributed by atoms with van der Waals surface area (Å²) in [6, 6.07) is 6.18. The summed E-state index contributed by atoms with van der Waals surface area (Å²) in [6.45, 7) is 10.2. The molecule has 0 saturated carbocycles. The van der Waals surface area contributed by atoms with Crippen molar-refractivity contribution in [2.75, 3.05) is 18.4 Å². The lowest BCUT2D eigenvalue weighted by atomic mass is 9.98. The van der Waals surface area contributed by atoms with Crippen molar-refractivity contribution in [3.63, 3.8) is 0 Å². The van der Waals surface area contributed by atoms with Crippen LogP contribution in [0, 0.1) is 6.92 Å². The lowest BCUT2D eigenvalue weighted by Crippen LogP contribution is -2.23. The maximum atomic E-state index is 12.0. The molecular formula is C17H28N2O. The van der Waals surface area contributed by atoms with Crippen LogP contribution in [0.2, 0.25) is 0 Å². The van der Waals surface area contributed by atoms with Gasteiger partial charge in [-0.25, -0.2) is 0 Å². The summed E-state index contributed by atoms with van der Waals surface area (Å²) in [7, 11) is 0. The van der Waals surface area contributed by atoms with Gasteiger partial charge in [-0.05, 0) is 36.9 Å². The fourth-order valence-corrected chi connectivity index (χ4v) is 2.17. The minimum atomic E-state index is 0.0881. The molecule has 0 radical (unpaired) electrons. The molecule has 112 valence electrons. The number of anilines is 1. The van der Waals surface area contributed by atoms with E-state index in [2.05, 4.69) is 37.5 Å². The van der Waals surface area contributed by atoms with E-state index in [-0.39, 0.29) is 5.91 Å². The predicted octanol–water partition coefficient (Wildman–Crippen LogP) is 3.84. The van der Waals surface area contributed by atoms with Crippen molar-refractivity contribution in [3.8, 4) is 0 Å². The number of amides is 1. The van der Waals surface area contributed by atoms with E-state index >= 15 is 0 Å². The van der Waals surface area contributed by atoms with Gasteiger partial charge in [-0.3, -0.25) is 4.79 Å². The minimum absolute atomic E-state index is 0.0881. The third kappa shape index (κ3) is 5.33. The number of hydrogen-bond acceptors (Lipinski definition) is 2. The van der Waals surface area contributed by atoms with Gasteiger partial charge in [0.25, 0.3) is 0 Å². The Morgan fingerprint density at radius 3 is 2.65 bits per heavy atom. The molecule has 1 aromatic rings. The molecule has 0 aliphatic carbocycles. The molecule has 0 spiro atoms. The zero-order valence-corrected chi connectivity index (χ0v) is 13.3. The number of nitrogens with one attached hydrogen (secondary N) is 2. The van der Waals surface area contributed by atoms with Crippen LogP contribution in [0.1, 0.15) is 57.1 Å². The van der Waals surface area contributed by atoms with Gasteiger partial charge in [-0.1, -0.05) is 45.4 Å². The number of benzene rings is 1. The van der Waals surface area contributed by atoms with E-state index in [0.29, 0.717) is 12.3 Å². The van der Waals surface area contributed by atoms with Crippen molar-refractivity contribution in [2.24, 2.45) is 0 Å². The van der Waals surface area contributed by atoms with E-state index in [0.717, 1.165) is 30.8 Å². The molecule has 1 amide bonds.